The zero-order chi connectivity index (χ0) is 14.6. The van der Waals surface area contributed by atoms with E-state index < -0.39 is 5.60 Å². The third-order valence-electron chi connectivity index (χ3n) is 6.42. The van der Waals surface area contributed by atoms with E-state index in [4.69, 9.17) is 0 Å². The second-order valence-electron chi connectivity index (χ2n) is 8.43. The monoisotopic (exact) mass is 284 g/mol. The molecule has 21 heavy (non-hydrogen) atoms. The van der Waals surface area contributed by atoms with Crippen LogP contribution < -0.4 is 0 Å². The Bertz CT molecular complexity index is 502. The summed E-state index contributed by atoms with van der Waals surface area (Å²) in [5, 5.41) is 11.6. The van der Waals surface area contributed by atoms with Crippen LogP contribution in [0.3, 0.4) is 0 Å². The van der Waals surface area contributed by atoms with Crippen molar-refractivity contribution < 1.29 is 5.11 Å². The molecule has 0 atom stereocenters. The lowest BCUT2D eigenvalue weighted by Gasteiger charge is -2.59. The molecule has 1 nitrogen and oxygen atoms in total. The number of aliphatic hydroxyl groups is 1. The molecule has 5 rings (SSSR count). The lowest BCUT2D eigenvalue weighted by Crippen LogP contribution is -2.55. The van der Waals surface area contributed by atoms with Crippen molar-refractivity contribution in [1.82, 2.24) is 0 Å². The minimum atomic E-state index is -0.527. The fourth-order valence-corrected chi connectivity index (χ4v) is 5.79. The van der Waals surface area contributed by atoms with Gasteiger partial charge in [-0.3, -0.25) is 0 Å². The fourth-order valence-electron chi connectivity index (χ4n) is 5.79. The smallest absolute Gasteiger partial charge is 0.0953 e. The van der Waals surface area contributed by atoms with E-state index in [9.17, 15) is 5.11 Å². The number of benzene rings is 1. The average molecular weight is 284 g/mol. The largest absolute Gasteiger partial charge is 0.385 e. The van der Waals surface area contributed by atoms with Crippen molar-refractivity contribution in [3.05, 3.63) is 35.4 Å². The summed E-state index contributed by atoms with van der Waals surface area (Å²) in [6.07, 6.45) is 7.60. The van der Waals surface area contributed by atoms with E-state index in [1.165, 1.54) is 43.2 Å². The molecule has 4 aliphatic carbocycles. The summed E-state index contributed by atoms with van der Waals surface area (Å²) in [6, 6.07) is 8.88. The van der Waals surface area contributed by atoms with Gasteiger partial charge in [-0.2, -0.15) is 0 Å². The predicted molar refractivity (Wildman–Crippen MR) is 85.9 cm³/mol. The van der Waals surface area contributed by atoms with E-state index in [-0.39, 0.29) is 0 Å². The van der Waals surface area contributed by atoms with Crippen LogP contribution in [0.15, 0.2) is 24.3 Å². The normalized spacial score (nSPS) is 41.0. The Labute approximate surface area is 128 Å². The molecule has 1 heteroatoms. The summed E-state index contributed by atoms with van der Waals surface area (Å²) in [4.78, 5) is 0. The highest BCUT2D eigenvalue weighted by molar-refractivity contribution is 5.32. The number of hydrogen-bond donors (Lipinski definition) is 1. The molecule has 0 aliphatic heterocycles. The first-order valence-electron chi connectivity index (χ1n) is 8.87. The van der Waals surface area contributed by atoms with Crippen LogP contribution in [0.4, 0.5) is 0 Å². The Morgan fingerprint density at radius 1 is 1.05 bits per heavy atom. The van der Waals surface area contributed by atoms with Gasteiger partial charge >= 0.3 is 0 Å². The summed E-state index contributed by atoms with van der Waals surface area (Å²) in [5.74, 6) is 3.53. The predicted octanol–water partition coefficient (Wildman–Crippen LogP) is 4.53. The number of hydrogen-bond acceptors (Lipinski definition) is 1. The van der Waals surface area contributed by atoms with Gasteiger partial charge in [-0.15, -0.1) is 0 Å². The van der Waals surface area contributed by atoms with E-state index in [0.29, 0.717) is 17.8 Å². The Morgan fingerprint density at radius 3 is 2.24 bits per heavy atom. The summed E-state index contributed by atoms with van der Waals surface area (Å²) in [5.41, 5.74) is 2.08. The molecule has 4 saturated carbocycles. The van der Waals surface area contributed by atoms with Crippen molar-refractivity contribution in [2.45, 2.75) is 58.0 Å². The van der Waals surface area contributed by atoms with Crippen molar-refractivity contribution >= 4 is 0 Å². The first kappa shape index (κ1) is 13.8. The molecule has 0 heterocycles. The Kier molecular flexibility index (Phi) is 3.19. The van der Waals surface area contributed by atoms with Gasteiger partial charge in [0.15, 0.2) is 0 Å². The molecule has 4 fully saturated rings. The first-order valence-corrected chi connectivity index (χ1v) is 8.87. The van der Waals surface area contributed by atoms with Gasteiger partial charge in [0.1, 0.15) is 0 Å². The second kappa shape index (κ2) is 4.84. The van der Waals surface area contributed by atoms with Crippen LogP contribution in [-0.4, -0.2) is 5.11 Å². The minimum Gasteiger partial charge on any atom is -0.385 e. The topological polar surface area (TPSA) is 20.2 Å². The molecular weight excluding hydrogens is 256 g/mol. The molecule has 114 valence electrons. The van der Waals surface area contributed by atoms with Crippen LogP contribution in [0, 0.1) is 29.6 Å². The second-order valence-corrected chi connectivity index (χ2v) is 8.43. The van der Waals surface area contributed by atoms with E-state index in [1.54, 1.807) is 0 Å². The van der Waals surface area contributed by atoms with Gasteiger partial charge in [0.2, 0.25) is 0 Å². The van der Waals surface area contributed by atoms with Crippen molar-refractivity contribution in [3.63, 3.8) is 0 Å². The standard InChI is InChI=1S/C20H28O/c1-13(2)6-14-4-3-5-17(8-14)20(21)18-9-15-7-16(11-18)12-19(20)10-15/h3-5,8,13,15-16,18-19,21H,6-7,9-12H2,1-2H3. The fraction of sp³-hybridized carbons (Fsp3) is 0.700. The van der Waals surface area contributed by atoms with E-state index in [0.717, 1.165) is 18.3 Å². The van der Waals surface area contributed by atoms with Gasteiger partial charge < -0.3 is 5.11 Å². The maximum Gasteiger partial charge on any atom is 0.0953 e. The summed E-state index contributed by atoms with van der Waals surface area (Å²) in [6.45, 7) is 4.54. The molecule has 4 aliphatic rings. The zero-order valence-corrected chi connectivity index (χ0v) is 13.4. The molecule has 0 amide bonds. The number of rotatable bonds is 3. The molecule has 0 saturated heterocycles. The van der Waals surface area contributed by atoms with Crippen LogP contribution in [0.1, 0.15) is 57.1 Å². The summed E-state index contributed by atoms with van der Waals surface area (Å²) >= 11 is 0. The van der Waals surface area contributed by atoms with Crippen LogP contribution in [0.25, 0.3) is 0 Å². The lowest BCUT2D eigenvalue weighted by molar-refractivity contribution is -0.179. The highest BCUT2D eigenvalue weighted by Gasteiger charge is 2.57. The maximum atomic E-state index is 11.6. The van der Waals surface area contributed by atoms with Gasteiger partial charge in [-0.25, -0.2) is 0 Å². The zero-order valence-electron chi connectivity index (χ0n) is 13.4. The molecule has 4 bridgehead atoms. The van der Waals surface area contributed by atoms with Gasteiger partial charge in [-0.05, 0) is 79.2 Å². The van der Waals surface area contributed by atoms with Crippen molar-refractivity contribution in [1.29, 1.82) is 0 Å². The Hall–Kier alpha value is -0.820. The molecule has 0 radical (unpaired) electrons. The van der Waals surface area contributed by atoms with Crippen molar-refractivity contribution in [2.24, 2.45) is 29.6 Å². The molecular formula is C20H28O. The van der Waals surface area contributed by atoms with Gasteiger partial charge in [-0.1, -0.05) is 38.1 Å². The van der Waals surface area contributed by atoms with E-state index in [1.807, 2.05) is 0 Å². The third kappa shape index (κ3) is 2.16. The highest BCUT2D eigenvalue weighted by atomic mass is 16.3. The van der Waals surface area contributed by atoms with Crippen LogP contribution in [0.5, 0.6) is 0 Å². The van der Waals surface area contributed by atoms with Gasteiger partial charge in [0.05, 0.1) is 5.60 Å². The maximum absolute atomic E-state index is 11.6. The van der Waals surface area contributed by atoms with E-state index >= 15 is 0 Å². The quantitative estimate of drug-likeness (QED) is 0.864. The SMILES string of the molecule is CC(C)Cc1cccc(C2(O)C3CC4CC(C3)CC2C4)c1. The van der Waals surface area contributed by atoms with Crippen LogP contribution in [-0.2, 0) is 12.0 Å². The molecule has 0 aromatic heterocycles. The van der Waals surface area contributed by atoms with Gasteiger partial charge in [0.25, 0.3) is 0 Å². The van der Waals surface area contributed by atoms with Gasteiger partial charge in [0, 0.05) is 0 Å². The molecule has 0 unspecified atom stereocenters. The van der Waals surface area contributed by atoms with Crippen LogP contribution >= 0.6 is 0 Å². The summed E-state index contributed by atoms with van der Waals surface area (Å²) < 4.78 is 0. The minimum absolute atomic E-state index is 0.517. The molecule has 0 spiro atoms. The Morgan fingerprint density at radius 2 is 1.67 bits per heavy atom. The Balaban J connectivity index is 1.68. The van der Waals surface area contributed by atoms with Crippen molar-refractivity contribution in [3.8, 4) is 0 Å². The van der Waals surface area contributed by atoms with E-state index in [2.05, 4.69) is 38.1 Å². The lowest BCUT2D eigenvalue weighted by atomic mass is 9.48. The summed E-state index contributed by atoms with van der Waals surface area (Å²) in [7, 11) is 0. The average Bonchev–Trinajstić information content (AvgIpc) is 2.43. The molecule has 1 aromatic rings. The third-order valence-corrected chi connectivity index (χ3v) is 6.42. The molecule has 1 N–H and O–H groups in total. The highest BCUT2D eigenvalue weighted by Crippen LogP contribution is 2.61. The molecule has 1 aromatic carbocycles. The first-order chi connectivity index (χ1) is 10.1. The van der Waals surface area contributed by atoms with Crippen LogP contribution in [0.2, 0.25) is 0 Å². The van der Waals surface area contributed by atoms with Crippen molar-refractivity contribution in [2.75, 3.05) is 0 Å².